The van der Waals surface area contributed by atoms with Crippen molar-refractivity contribution in [1.29, 1.82) is 0 Å². The molecule has 0 saturated carbocycles. The van der Waals surface area contributed by atoms with E-state index in [1.807, 2.05) is 31.2 Å². The minimum atomic E-state index is -3.60. The van der Waals surface area contributed by atoms with Crippen molar-refractivity contribution in [2.24, 2.45) is 0 Å². The first kappa shape index (κ1) is 13.5. The third-order valence-electron chi connectivity index (χ3n) is 3.20. The highest BCUT2D eigenvalue weighted by molar-refractivity contribution is 8.00. The van der Waals surface area contributed by atoms with Crippen LogP contribution in [0, 0.1) is 6.92 Å². The fourth-order valence-corrected chi connectivity index (χ4v) is 5.13. The molecule has 1 aliphatic rings. The minimum absolute atomic E-state index is 0.0940. The number of rotatable bonds is 2. The first-order chi connectivity index (χ1) is 9.50. The monoisotopic (exact) mass is 309 g/mol. The molecule has 106 valence electrons. The molecule has 3 rings (SSSR count). The van der Waals surface area contributed by atoms with Crippen LogP contribution in [0.3, 0.4) is 0 Å². The van der Waals surface area contributed by atoms with Crippen molar-refractivity contribution in [3.8, 4) is 0 Å². The van der Waals surface area contributed by atoms with E-state index in [2.05, 4.69) is 9.97 Å². The van der Waals surface area contributed by atoms with Crippen molar-refractivity contribution < 1.29 is 8.42 Å². The molecule has 0 aliphatic carbocycles. The maximum Gasteiger partial charge on any atom is 0.281 e. The lowest BCUT2D eigenvalue weighted by Gasteiger charge is -2.34. The Bertz CT molecular complexity index is 740. The summed E-state index contributed by atoms with van der Waals surface area (Å²) in [5.41, 5.74) is 0.739. The molecule has 0 saturated heterocycles. The molecule has 1 N–H and O–H groups in total. The van der Waals surface area contributed by atoms with Crippen LogP contribution in [-0.4, -0.2) is 30.2 Å². The molecule has 0 spiro atoms. The maximum atomic E-state index is 12.8. The average molecular weight is 309 g/mol. The number of para-hydroxylation sites is 1. The van der Waals surface area contributed by atoms with Crippen molar-refractivity contribution in [2.45, 2.75) is 29.8 Å². The van der Waals surface area contributed by atoms with Gasteiger partial charge in [0.05, 0.1) is 17.9 Å². The molecule has 7 heteroatoms. The van der Waals surface area contributed by atoms with Crippen molar-refractivity contribution in [3.05, 3.63) is 36.3 Å². The third-order valence-corrected chi connectivity index (χ3v) is 6.34. The number of hydrogen-bond donors (Lipinski definition) is 1. The second-order valence-corrected chi connectivity index (χ2v) is 7.61. The van der Waals surface area contributed by atoms with E-state index in [-0.39, 0.29) is 11.1 Å². The number of H-pyrrole nitrogens is 1. The van der Waals surface area contributed by atoms with Gasteiger partial charge >= 0.3 is 0 Å². The summed E-state index contributed by atoms with van der Waals surface area (Å²) in [7, 11) is -3.60. The van der Waals surface area contributed by atoms with E-state index >= 15 is 0 Å². The molecule has 0 unspecified atom stereocenters. The van der Waals surface area contributed by atoms with Gasteiger partial charge in [-0.1, -0.05) is 12.1 Å². The van der Waals surface area contributed by atoms with Gasteiger partial charge < -0.3 is 4.98 Å². The highest BCUT2D eigenvalue weighted by atomic mass is 32.2. The highest BCUT2D eigenvalue weighted by Crippen LogP contribution is 2.39. The number of sulfonamides is 1. The molecule has 0 fully saturated rings. The number of benzene rings is 1. The molecular formula is C13H15N3O2S2. The van der Waals surface area contributed by atoms with Crippen LogP contribution in [0.4, 0.5) is 5.69 Å². The van der Waals surface area contributed by atoms with Gasteiger partial charge in [-0.05, 0) is 26.0 Å². The summed E-state index contributed by atoms with van der Waals surface area (Å²) in [6.07, 6.45) is 1.38. The summed E-state index contributed by atoms with van der Waals surface area (Å²) in [6, 6.07) is 7.49. The normalized spacial score (nSPS) is 18.9. The Morgan fingerprint density at radius 2 is 2.15 bits per heavy atom. The summed E-state index contributed by atoms with van der Waals surface area (Å²) in [4.78, 5) is 7.80. The fourth-order valence-electron chi connectivity index (χ4n) is 2.28. The Hall–Kier alpha value is -1.47. The number of aromatic amines is 1. The van der Waals surface area contributed by atoms with Gasteiger partial charge in [-0.3, -0.25) is 4.31 Å². The molecule has 1 aromatic carbocycles. The minimum Gasteiger partial charge on any atom is -0.332 e. The lowest BCUT2D eigenvalue weighted by atomic mass is 10.3. The molecule has 5 nitrogen and oxygen atoms in total. The number of aryl methyl sites for hydroxylation is 1. The van der Waals surface area contributed by atoms with Gasteiger partial charge in [-0.25, -0.2) is 4.98 Å². The number of fused-ring (bicyclic) bond motifs is 1. The number of hydrogen-bond acceptors (Lipinski definition) is 4. The van der Waals surface area contributed by atoms with Crippen LogP contribution in [-0.2, 0) is 10.0 Å². The zero-order chi connectivity index (χ0) is 14.3. The Morgan fingerprint density at radius 3 is 2.85 bits per heavy atom. The van der Waals surface area contributed by atoms with E-state index in [1.54, 1.807) is 18.7 Å². The number of imidazole rings is 1. The van der Waals surface area contributed by atoms with Gasteiger partial charge in [0.2, 0.25) is 0 Å². The Balaban J connectivity index is 2.13. The molecular weight excluding hydrogens is 294 g/mol. The summed E-state index contributed by atoms with van der Waals surface area (Å²) in [6.45, 7) is 3.66. The second-order valence-electron chi connectivity index (χ2n) is 4.76. The van der Waals surface area contributed by atoms with Crippen LogP contribution >= 0.6 is 11.8 Å². The Kier molecular flexibility index (Phi) is 3.25. The summed E-state index contributed by atoms with van der Waals surface area (Å²) < 4.78 is 27.1. The maximum absolute atomic E-state index is 12.8. The SMILES string of the molecule is Cc1ncc(S(=O)(=O)N2c3ccccc3SC[C@@H]2C)[nH]1. The van der Waals surface area contributed by atoms with Crippen LogP contribution in [0.15, 0.2) is 40.4 Å². The van der Waals surface area contributed by atoms with Crippen molar-refractivity contribution >= 4 is 27.5 Å². The molecule has 0 amide bonds. The number of anilines is 1. The standard InChI is InChI=1S/C13H15N3O2S2/c1-9-8-19-12-6-4-3-5-11(12)16(9)20(17,18)13-7-14-10(2)15-13/h3-7,9H,8H2,1-2H3,(H,14,15)/t9-/m0/s1. The molecule has 1 aliphatic heterocycles. The predicted octanol–water partition coefficient (Wildman–Crippen LogP) is 2.41. The van der Waals surface area contributed by atoms with E-state index in [0.29, 0.717) is 5.82 Å². The van der Waals surface area contributed by atoms with Crippen molar-refractivity contribution in [3.63, 3.8) is 0 Å². The molecule has 1 aromatic heterocycles. The average Bonchev–Trinajstić information content (AvgIpc) is 2.85. The van der Waals surface area contributed by atoms with Crippen LogP contribution in [0.25, 0.3) is 0 Å². The molecule has 0 radical (unpaired) electrons. The van der Waals surface area contributed by atoms with Gasteiger partial charge in [0.25, 0.3) is 10.0 Å². The van der Waals surface area contributed by atoms with E-state index in [0.717, 1.165) is 16.3 Å². The smallest absolute Gasteiger partial charge is 0.281 e. The quantitative estimate of drug-likeness (QED) is 0.925. The van der Waals surface area contributed by atoms with Crippen LogP contribution in [0.1, 0.15) is 12.7 Å². The number of nitrogens with zero attached hydrogens (tertiary/aromatic N) is 2. The topological polar surface area (TPSA) is 66.1 Å². The fraction of sp³-hybridized carbons (Fsp3) is 0.308. The zero-order valence-corrected chi connectivity index (χ0v) is 12.8. The molecule has 20 heavy (non-hydrogen) atoms. The van der Waals surface area contributed by atoms with Gasteiger partial charge in [-0.2, -0.15) is 8.42 Å². The predicted molar refractivity (Wildman–Crippen MR) is 79.6 cm³/mol. The number of nitrogens with one attached hydrogen (secondary N) is 1. The largest absolute Gasteiger partial charge is 0.332 e. The highest BCUT2D eigenvalue weighted by Gasteiger charge is 2.35. The lowest BCUT2D eigenvalue weighted by molar-refractivity contribution is 0.580. The Labute approximate surface area is 122 Å². The zero-order valence-electron chi connectivity index (χ0n) is 11.2. The third kappa shape index (κ3) is 2.10. The van der Waals surface area contributed by atoms with Gasteiger partial charge in [0, 0.05) is 10.6 Å². The second kappa shape index (κ2) is 4.82. The van der Waals surface area contributed by atoms with Crippen LogP contribution < -0.4 is 4.31 Å². The van der Waals surface area contributed by atoms with Gasteiger partial charge in [0.15, 0.2) is 5.03 Å². The number of aromatic nitrogens is 2. The van der Waals surface area contributed by atoms with Crippen LogP contribution in [0.5, 0.6) is 0 Å². The first-order valence-corrected chi connectivity index (χ1v) is 8.70. The van der Waals surface area contributed by atoms with Gasteiger partial charge in [-0.15, -0.1) is 11.8 Å². The molecule has 1 atom stereocenters. The molecule has 2 heterocycles. The summed E-state index contributed by atoms with van der Waals surface area (Å²) >= 11 is 1.69. The Morgan fingerprint density at radius 1 is 1.40 bits per heavy atom. The summed E-state index contributed by atoms with van der Waals surface area (Å²) in [5, 5.41) is 0.142. The van der Waals surface area contributed by atoms with E-state index in [9.17, 15) is 8.42 Å². The lowest BCUT2D eigenvalue weighted by Crippen LogP contribution is -2.42. The first-order valence-electron chi connectivity index (χ1n) is 6.28. The van der Waals surface area contributed by atoms with E-state index < -0.39 is 10.0 Å². The molecule has 2 aromatic rings. The molecule has 0 bridgehead atoms. The van der Waals surface area contributed by atoms with Crippen molar-refractivity contribution in [2.75, 3.05) is 10.1 Å². The van der Waals surface area contributed by atoms with Gasteiger partial charge in [0.1, 0.15) is 5.82 Å². The summed E-state index contributed by atoms with van der Waals surface area (Å²) in [5.74, 6) is 1.33. The van der Waals surface area contributed by atoms with Crippen LogP contribution in [0.2, 0.25) is 0 Å². The van der Waals surface area contributed by atoms with E-state index in [4.69, 9.17) is 0 Å². The number of thioether (sulfide) groups is 1. The van der Waals surface area contributed by atoms with E-state index in [1.165, 1.54) is 10.5 Å². The van der Waals surface area contributed by atoms with Crippen molar-refractivity contribution in [1.82, 2.24) is 9.97 Å².